The van der Waals surface area contributed by atoms with Crippen LogP contribution in [0.5, 0.6) is 0 Å². The predicted octanol–water partition coefficient (Wildman–Crippen LogP) is 1.31. The van der Waals surface area contributed by atoms with Crippen LogP contribution in [0.2, 0.25) is 5.02 Å². The summed E-state index contributed by atoms with van der Waals surface area (Å²) < 4.78 is 28.0. The Hall–Kier alpha value is -1.15. The number of carbonyl (C=O) groups is 1. The highest BCUT2D eigenvalue weighted by Crippen LogP contribution is 2.24. The van der Waals surface area contributed by atoms with E-state index in [9.17, 15) is 13.2 Å². The fourth-order valence-electron chi connectivity index (χ4n) is 1.79. The Morgan fingerprint density at radius 2 is 2.10 bits per heavy atom. The summed E-state index contributed by atoms with van der Waals surface area (Å²) in [7, 11) is -2.36. The number of ether oxygens (including phenoxy) is 1. The molecule has 1 rings (SSSR count). The lowest BCUT2D eigenvalue weighted by Gasteiger charge is -2.13. The van der Waals surface area contributed by atoms with Crippen LogP contribution in [0, 0.1) is 12.8 Å². The molecule has 0 aliphatic rings. The van der Waals surface area contributed by atoms with Gasteiger partial charge in [0.15, 0.2) is 0 Å². The molecule has 0 radical (unpaired) electrons. The third-order valence-corrected chi connectivity index (χ3v) is 4.36. The van der Waals surface area contributed by atoms with Gasteiger partial charge >= 0.3 is 0 Å². The Kier molecular flexibility index (Phi) is 6.15. The van der Waals surface area contributed by atoms with Gasteiger partial charge in [0, 0.05) is 24.2 Å². The van der Waals surface area contributed by atoms with Crippen molar-refractivity contribution in [3.05, 3.63) is 28.3 Å². The molecule has 1 atom stereocenters. The average Bonchev–Trinajstić information content (AvgIpc) is 2.38. The van der Waals surface area contributed by atoms with Crippen molar-refractivity contribution in [3.8, 4) is 0 Å². The number of hydrogen-bond acceptors (Lipinski definition) is 4. The van der Waals surface area contributed by atoms with Crippen molar-refractivity contribution in [1.29, 1.82) is 0 Å². The molecular weight excluding hydrogens is 316 g/mol. The minimum Gasteiger partial charge on any atom is -0.384 e. The number of nitrogens with one attached hydrogen (secondary N) is 1. The maximum absolute atomic E-state index is 12.0. The number of rotatable bonds is 6. The molecule has 1 aromatic carbocycles. The van der Waals surface area contributed by atoms with Crippen molar-refractivity contribution in [2.75, 3.05) is 20.3 Å². The van der Waals surface area contributed by atoms with E-state index in [2.05, 4.69) is 5.32 Å². The van der Waals surface area contributed by atoms with Crippen LogP contribution in [0.15, 0.2) is 17.0 Å². The number of sulfonamides is 1. The molecule has 0 saturated heterocycles. The second kappa shape index (κ2) is 7.22. The van der Waals surface area contributed by atoms with Crippen LogP contribution in [0.1, 0.15) is 22.8 Å². The first-order valence-electron chi connectivity index (χ1n) is 6.27. The van der Waals surface area contributed by atoms with Crippen molar-refractivity contribution < 1.29 is 17.9 Å². The first-order valence-corrected chi connectivity index (χ1v) is 8.19. The number of carbonyl (C=O) groups excluding carboxylic acids is 1. The van der Waals surface area contributed by atoms with Crippen LogP contribution < -0.4 is 10.5 Å². The van der Waals surface area contributed by atoms with Gasteiger partial charge in [-0.2, -0.15) is 0 Å². The fraction of sp³-hybridized carbons (Fsp3) is 0.462. The minimum atomic E-state index is -3.94. The second-order valence-electron chi connectivity index (χ2n) is 4.90. The molecule has 0 saturated carbocycles. The highest BCUT2D eigenvalue weighted by molar-refractivity contribution is 7.89. The van der Waals surface area contributed by atoms with Crippen molar-refractivity contribution in [2.45, 2.75) is 18.7 Å². The molecule has 3 N–H and O–H groups in total. The van der Waals surface area contributed by atoms with E-state index in [0.29, 0.717) is 18.7 Å². The summed E-state index contributed by atoms with van der Waals surface area (Å²) in [6, 6.07) is 2.65. The van der Waals surface area contributed by atoms with E-state index in [1.165, 1.54) is 19.1 Å². The zero-order valence-corrected chi connectivity index (χ0v) is 13.7. The Balaban J connectivity index is 2.99. The van der Waals surface area contributed by atoms with Crippen molar-refractivity contribution in [3.63, 3.8) is 0 Å². The van der Waals surface area contributed by atoms with Gasteiger partial charge in [-0.25, -0.2) is 13.6 Å². The molecule has 0 aliphatic heterocycles. The molecule has 0 bridgehead atoms. The molecule has 6 nitrogen and oxygen atoms in total. The molecule has 0 spiro atoms. The van der Waals surface area contributed by atoms with Crippen LogP contribution >= 0.6 is 11.6 Å². The van der Waals surface area contributed by atoms with Crippen LogP contribution in [0.25, 0.3) is 0 Å². The van der Waals surface area contributed by atoms with Gasteiger partial charge in [-0.1, -0.05) is 18.5 Å². The van der Waals surface area contributed by atoms with Crippen LogP contribution in [-0.4, -0.2) is 34.6 Å². The normalized spacial score (nSPS) is 13.0. The van der Waals surface area contributed by atoms with Gasteiger partial charge in [0.25, 0.3) is 5.91 Å². The van der Waals surface area contributed by atoms with Crippen LogP contribution in [0.4, 0.5) is 0 Å². The van der Waals surface area contributed by atoms with Crippen LogP contribution in [-0.2, 0) is 14.8 Å². The largest absolute Gasteiger partial charge is 0.384 e. The molecule has 0 aromatic heterocycles. The van der Waals surface area contributed by atoms with E-state index in [4.69, 9.17) is 21.5 Å². The third kappa shape index (κ3) is 4.96. The van der Waals surface area contributed by atoms with Crippen molar-refractivity contribution in [1.82, 2.24) is 5.32 Å². The molecule has 1 aromatic rings. The Morgan fingerprint density at radius 3 is 2.62 bits per heavy atom. The number of nitrogens with two attached hydrogens (primary N) is 1. The Morgan fingerprint density at radius 1 is 1.48 bits per heavy atom. The molecule has 1 amide bonds. The monoisotopic (exact) mass is 334 g/mol. The average molecular weight is 335 g/mol. The zero-order chi connectivity index (χ0) is 16.2. The van der Waals surface area contributed by atoms with Gasteiger partial charge in [0.1, 0.15) is 0 Å². The second-order valence-corrected chi connectivity index (χ2v) is 6.83. The van der Waals surface area contributed by atoms with E-state index in [1.807, 2.05) is 6.92 Å². The van der Waals surface area contributed by atoms with E-state index in [1.54, 1.807) is 7.11 Å². The minimum absolute atomic E-state index is 0.137. The molecule has 118 valence electrons. The number of methoxy groups -OCH3 is 1. The predicted molar refractivity (Wildman–Crippen MR) is 80.9 cm³/mol. The summed E-state index contributed by atoms with van der Waals surface area (Å²) in [5.41, 5.74) is 0.475. The summed E-state index contributed by atoms with van der Waals surface area (Å²) in [6.07, 6.45) is 0. The Bertz CT molecular complexity index is 631. The maximum Gasteiger partial charge on any atom is 0.251 e. The lowest BCUT2D eigenvalue weighted by molar-refractivity contribution is 0.0934. The topological polar surface area (TPSA) is 98.5 Å². The third-order valence-electron chi connectivity index (χ3n) is 2.93. The highest BCUT2D eigenvalue weighted by atomic mass is 35.5. The zero-order valence-electron chi connectivity index (χ0n) is 12.1. The van der Waals surface area contributed by atoms with Crippen molar-refractivity contribution in [2.24, 2.45) is 11.1 Å². The molecule has 8 heteroatoms. The lowest BCUT2D eigenvalue weighted by Crippen LogP contribution is -2.30. The van der Waals surface area contributed by atoms with Crippen LogP contribution in [0.3, 0.4) is 0 Å². The van der Waals surface area contributed by atoms with E-state index >= 15 is 0 Å². The van der Waals surface area contributed by atoms with Gasteiger partial charge < -0.3 is 10.1 Å². The smallest absolute Gasteiger partial charge is 0.251 e. The molecule has 1 unspecified atom stereocenters. The van der Waals surface area contributed by atoms with E-state index < -0.39 is 15.9 Å². The first-order chi connectivity index (χ1) is 9.66. The number of halogens is 1. The lowest BCUT2D eigenvalue weighted by atomic mass is 10.1. The van der Waals surface area contributed by atoms with Crippen molar-refractivity contribution >= 4 is 27.5 Å². The summed E-state index contributed by atoms with van der Waals surface area (Å²) in [5.74, 6) is -0.276. The summed E-state index contributed by atoms with van der Waals surface area (Å²) >= 11 is 5.96. The van der Waals surface area contributed by atoms with Gasteiger partial charge in [-0.3, -0.25) is 4.79 Å². The molecule has 0 heterocycles. The summed E-state index contributed by atoms with van der Waals surface area (Å²) in [6.45, 7) is 4.37. The van der Waals surface area contributed by atoms with Gasteiger partial charge in [0.2, 0.25) is 10.0 Å². The fourth-order valence-corrected chi connectivity index (χ4v) is 2.90. The van der Waals surface area contributed by atoms with E-state index in [0.717, 1.165) is 0 Å². The number of amides is 1. The van der Waals surface area contributed by atoms with Gasteiger partial charge in [0.05, 0.1) is 11.5 Å². The SMILES string of the molecule is COCC(C)CNC(=O)c1cc(Cl)c(C)c(S(N)(=O)=O)c1. The number of hydrogen-bond donors (Lipinski definition) is 2. The highest BCUT2D eigenvalue weighted by Gasteiger charge is 2.18. The standard InChI is InChI=1S/C13H19ClN2O4S/c1-8(7-20-3)6-16-13(17)10-4-11(14)9(2)12(5-10)21(15,18)19/h4-5,8H,6-7H2,1-3H3,(H,16,17)(H2,15,18,19). The van der Waals surface area contributed by atoms with Gasteiger partial charge in [-0.05, 0) is 30.5 Å². The molecule has 21 heavy (non-hydrogen) atoms. The Labute approximate surface area is 129 Å². The maximum atomic E-state index is 12.0. The molecular formula is C13H19ClN2O4S. The molecule has 0 fully saturated rings. The summed E-state index contributed by atoms with van der Waals surface area (Å²) in [5, 5.41) is 8.00. The number of primary sulfonamides is 1. The first kappa shape index (κ1) is 17.9. The van der Waals surface area contributed by atoms with Gasteiger partial charge in [-0.15, -0.1) is 0 Å². The molecule has 0 aliphatic carbocycles. The summed E-state index contributed by atoms with van der Waals surface area (Å²) in [4.78, 5) is 11.9. The quantitative estimate of drug-likeness (QED) is 0.819. The number of benzene rings is 1. The van der Waals surface area contributed by atoms with E-state index in [-0.39, 0.29) is 21.4 Å².